The van der Waals surface area contributed by atoms with Crippen molar-refractivity contribution in [2.24, 2.45) is 0 Å². The van der Waals surface area contributed by atoms with Crippen LogP contribution in [0.25, 0.3) is 0 Å². The number of halogens is 1. The molecule has 1 aliphatic heterocycles. The van der Waals surface area contributed by atoms with Crippen LogP contribution in [0.2, 0.25) is 0 Å². The third kappa shape index (κ3) is 5.83. The lowest BCUT2D eigenvalue weighted by Crippen LogP contribution is -2.36. The molecule has 0 unspecified atom stereocenters. The lowest BCUT2D eigenvalue weighted by molar-refractivity contribution is 0.122. The first kappa shape index (κ1) is 22.6. The van der Waals surface area contributed by atoms with Crippen molar-refractivity contribution >= 4 is 34.6 Å². The van der Waals surface area contributed by atoms with Crippen LogP contribution >= 0.6 is 23.1 Å². The summed E-state index contributed by atoms with van der Waals surface area (Å²) in [5.41, 5.74) is 4.74. The summed E-state index contributed by atoms with van der Waals surface area (Å²) in [7, 11) is 0. The minimum absolute atomic E-state index is 0.477. The van der Waals surface area contributed by atoms with Crippen LogP contribution in [0.3, 0.4) is 0 Å². The monoisotopic (exact) mass is 485 g/mol. The Kier molecular flexibility index (Phi) is 7.08. The third-order valence-electron chi connectivity index (χ3n) is 5.76. The van der Waals surface area contributed by atoms with Gasteiger partial charge in [-0.25, -0.2) is 14.4 Å². The molecular formula is C24H28FN5OS2. The van der Waals surface area contributed by atoms with Crippen molar-refractivity contribution in [2.45, 2.75) is 49.0 Å². The number of rotatable bonds is 9. The molecule has 1 N–H and O–H groups in total. The summed E-state index contributed by atoms with van der Waals surface area (Å²) < 4.78 is 19.9. The molecule has 6 nitrogen and oxygen atoms in total. The van der Waals surface area contributed by atoms with E-state index < -0.39 is 6.67 Å². The molecule has 174 valence electrons. The van der Waals surface area contributed by atoms with Crippen molar-refractivity contribution in [3.8, 4) is 0 Å². The molecule has 3 aromatic rings. The summed E-state index contributed by atoms with van der Waals surface area (Å²) in [4.78, 5) is 17.5. The molecule has 5 rings (SSSR count). The molecule has 1 saturated heterocycles. The fourth-order valence-corrected chi connectivity index (χ4v) is 6.16. The molecule has 3 aromatic heterocycles. The Morgan fingerprint density at radius 1 is 1.15 bits per heavy atom. The molecule has 1 saturated carbocycles. The van der Waals surface area contributed by atoms with E-state index in [4.69, 9.17) is 9.72 Å². The second-order valence-electron chi connectivity index (χ2n) is 8.41. The first-order chi connectivity index (χ1) is 16.2. The second kappa shape index (κ2) is 10.4. The van der Waals surface area contributed by atoms with Crippen molar-refractivity contribution in [3.63, 3.8) is 0 Å². The number of nitrogens with zero attached hydrogens (tertiary/aromatic N) is 4. The van der Waals surface area contributed by atoms with E-state index in [1.807, 2.05) is 25.1 Å². The summed E-state index contributed by atoms with van der Waals surface area (Å²) in [6.07, 6.45) is 2.32. The molecule has 0 amide bonds. The summed E-state index contributed by atoms with van der Waals surface area (Å²) in [5.74, 6) is 2.05. The topological polar surface area (TPSA) is 63.2 Å². The lowest BCUT2D eigenvalue weighted by atomic mass is 10.2. The zero-order valence-electron chi connectivity index (χ0n) is 18.7. The maximum Gasteiger partial charge on any atom is 0.150 e. The van der Waals surface area contributed by atoms with Crippen molar-refractivity contribution in [2.75, 3.05) is 36.5 Å². The summed E-state index contributed by atoms with van der Waals surface area (Å²) >= 11 is 3.30. The molecule has 0 bridgehead atoms. The highest BCUT2D eigenvalue weighted by Gasteiger charge is 2.29. The quantitative estimate of drug-likeness (QED) is 0.411. The van der Waals surface area contributed by atoms with Gasteiger partial charge in [0.15, 0.2) is 4.34 Å². The Morgan fingerprint density at radius 2 is 2.00 bits per heavy atom. The van der Waals surface area contributed by atoms with Gasteiger partial charge in [-0.05, 0) is 43.9 Å². The van der Waals surface area contributed by atoms with Gasteiger partial charge in [0.1, 0.15) is 12.5 Å². The van der Waals surface area contributed by atoms with Crippen molar-refractivity contribution < 1.29 is 9.13 Å². The van der Waals surface area contributed by atoms with Crippen molar-refractivity contribution in [3.05, 3.63) is 58.0 Å². The average Bonchev–Trinajstić information content (AvgIpc) is 3.61. The van der Waals surface area contributed by atoms with E-state index in [1.54, 1.807) is 23.1 Å². The Labute approximate surface area is 202 Å². The number of pyridine rings is 2. The van der Waals surface area contributed by atoms with E-state index in [9.17, 15) is 4.39 Å². The van der Waals surface area contributed by atoms with Crippen LogP contribution in [0, 0.1) is 6.92 Å². The maximum atomic E-state index is 13.4. The van der Waals surface area contributed by atoms with E-state index in [-0.39, 0.29) is 0 Å². The van der Waals surface area contributed by atoms with Gasteiger partial charge >= 0.3 is 0 Å². The third-order valence-corrected chi connectivity index (χ3v) is 8.20. The lowest BCUT2D eigenvalue weighted by Gasteiger charge is -2.29. The molecule has 9 heteroatoms. The number of nitrogens with one attached hydrogen (secondary N) is 1. The van der Waals surface area contributed by atoms with E-state index >= 15 is 0 Å². The van der Waals surface area contributed by atoms with Gasteiger partial charge in [-0.1, -0.05) is 17.8 Å². The van der Waals surface area contributed by atoms with Gasteiger partial charge in [0, 0.05) is 41.2 Å². The van der Waals surface area contributed by atoms with Crippen molar-refractivity contribution in [1.29, 1.82) is 0 Å². The first-order valence-corrected chi connectivity index (χ1v) is 13.2. The van der Waals surface area contributed by atoms with Crippen LogP contribution in [-0.2, 0) is 23.7 Å². The van der Waals surface area contributed by atoms with Gasteiger partial charge in [0.05, 0.1) is 36.8 Å². The Balaban J connectivity index is 1.33. The first-order valence-electron chi connectivity index (χ1n) is 11.4. The van der Waals surface area contributed by atoms with Crippen LogP contribution in [0.15, 0.2) is 34.7 Å². The van der Waals surface area contributed by atoms with E-state index in [2.05, 4.69) is 32.3 Å². The van der Waals surface area contributed by atoms with Gasteiger partial charge in [0.2, 0.25) is 0 Å². The Hall–Kier alpha value is -2.23. The molecule has 4 heterocycles. The van der Waals surface area contributed by atoms with Crippen molar-refractivity contribution in [1.82, 2.24) is 15.0 Å². The molecule has 1 aliphatic carbocycles. The number of alkyl halides is 1. The number of thioether (sulfide) groups is 1. The number of hydrogen-bond donors (Lipinski definition) is 1. The highest BCUT2D eigenvalue weighted by Crippen LogP contribution is 2.46. The molecule has 0 radical (unpaired) electrons. The summed E-state index contributed by atoms with van der Waals surface area (Å²) in [6.45, 7) is 5.34. The van der Waals surface area contributed by atoms with Gasteiger partial charge in [-0.3, -0.25) is 4.98 Å². The van der Waals surface area contributed by atoms with Gasteiger partial charge < -0.3 is 15.0 Å². The predicted octanol–water partition coefficient (Wildman–Crippen LogP) is 5.33. The molecule has 0 aromatic carbocycles. The molecule has 2 fully saturated rings. The number of aromatic nitrogens is 3. The minimum atomic E-state index is -0.477. The predicted molar refractivity (Wildman–Crippen MR) is 132 cm³/mol. The average molecular weight is 486 g/mol. The fraction of sp³-hybridized carbons (Fsp3) is 0.458. The van der Waals surface area contributed by atoms with E-state index in [0.717, 1.165) is 76.9 Å². The largest absolute Gasteiger partial charge is 0.378 e. The molecule has 0 atom stereocenters. The van der Waals surface area contributed by atoms with Crippen LogP contribution in [0.5, 0.6) is 0 Å². The van der Waals surface area contributed by atoms with Crippen LogP contribution in [0.4, 0.5) is 15.9 Å². The maximum absolute atomic E-state index is 13.4. The van der Waals surface area contributed by atoms with Gasteiger partial charge in [-0.2, -0.15) is 0 Å². The standard InChI is InChI=1S/C24H28FN5OS2/c1-16-3-2-4-18(27-16)14-26-22-12-20(30-7-9-31-10-8-30)11-19(28-22)15-32-24-29-21(13-25)23(33-24)17-5-6-17/h2-4,11-12,17H,5-10,13-15H2,1H3,(H,26,28). The van der Waals surface area contributed by atoms with Gasteiger partial charge in [0.25, 0.3) is 0 Å². The SMILES string of the molecule is Cc1cccc(CNc2cc(N3CCOCC3)cc(CSc3nc(CF)c(C4CC4)s3)n2)n1. The number of morpholine rings is 1. The summed E-state index contributed by atoms with van der Waals surface area (Å²) in [5, 5.41) is 3.45. The number of ether oxygens (including phenoxy) is 1. The number of thiazole rings is 1. The Morgan fingerprint density at radius 3 is 2.76 bits per heavy atom. The molecular weight excluding hydrogens is 457 g/mol. The highest BCUT2D eigenvalue weighted by atomic mass is 32.2. The minimum Gasteiger partial charge on any atom is -0.378 e. The smallest absolute Gasteiger partial charge is 0.150 e. The summed E-state index contributed by atoms with van der Waals surface area (Å²) in [6, 6.07) is 10.3. The normalized spacial score (nSPS) is 16.2. The van der Waals surface area contributed by atoms with E-state index in [0.29, 0.717) is 23.9 Å². The number of anilines is 2. The van der Waals surface area contributed by atoms with Gasteiger partial charge in [-0.15, -0.1) is 11.3 Å². The number of hydrogen-bond acceptors (Lipinski definition) is 8. The molecule has 33 heavy (non-hydrogen) atoms. The molecule has 2 aliphatic rings. The van der Waals surface area contributed by atoms with Crippen LogP contribution in [0.1, 0.15) is 46.4 Å². The second-order valence-corrected chi connectivity index (χ2v) is 10.7. The zero-order valence-corrected chi connectivity index (χ0v) is 20.4. The number of aryl methyl sites for hydroxylation is 1. The zero-order chi connectivity index (χ0) is 22.6. The highest BCUT2D eigenvalue weighted by molar-refractivity contribution is 8.00. The van der Waals surface area contributed by atoms with Crippen LogP contribution < -0.4 is 10.2 Å². The molecule has 0 spiro atoms. The Bertz CT molecular complexity index is 1100. The van der Waals surface area contributed by atoms with Crippen LogP contribution in [-0.4, -0.2) is 41.3 Å². The van der Waals surface area contributed by atoms with E-state index in [1.165, 1.54) is 0 Å². The fourth-order valence-electron chi connectivity index (χ4n) is 3.92.